The largest absolute Gasteiger partial charge is 0.355 e. The number of thiophene rings is 1. The summed E-state index contributed by atoms with van der Waals surface area (Å²) < 4.78 is 5.85. The molecule has 1 fully saturated rings. The van der Waals surface area contributed by atoms with E-state index in [1.165, 1.54) is 11.3 Å². The summed E-state index contributed by atoms with van der Waals surface area (Å²) in [5, 5.41) is 9.91. The smallest absolute Gasteiger partial charge is 0.273 e. The third-order valence-electron chi connectivity index (χ3n) is 2.95. The van der Waals surface area contributed by atoms with Crippen LogP contribution in [-0.2, 0) is 0 Å². The third kappa shape index (κ3) is 2.80. The lowest BCUT2D eigenvalue weighted by Crippen LogP contribution is -2.36. The molecular formula is C12H12ClN3O2S. The van der Waals surface area contributed by atoms with Crippen LogP contribution in [0.5, 0.6) is 0 Å². The Bertz CT molecular complexity index is 589. The summed E-state index contributed by atoms with van der Waals surface area (Å²) >= 11 is 7.25. The van der Waals surface area contributed by atoms with E-state index in [-0.39, 0.29) is 11.9 Å². The van der Waals surface area contributed by atoms with E-state index in [0.717, 1.165) is 24.4 Å². The molecule has 0 bridgehead atoms. The Kier molecular flexibility index (Phi) is 3.54. The van der Waals surface area contributed by atoms with E-state index in [1.807, 2.05) is 6.07 Å². The highest BCUT2D eigenvalue weighted by Crippen LogP contribution is 2.31. The summed E-state index contributed by atoms with van der Waals surface area (Å²) in [5.41, 5.74) is 0.298. The van der Waals surface area contributed by atoms with Gasteiger partial charge in [-0.15, -0.1) is 11.3 Å². The van der Waals surface area contributed by atoms with Crippen LogP contribution in [-0.4, -0.2) is 30.2 Å². The van der Waals surface area contributed by atoms with Crippen molar-refractivity contribution in [1.29, 1.82) is 0 Å². The average molecular weight is 298 g/mol. The van der Waals surface area contributed by atoms with Crippen LogP contribution in [0.15, 0.2) is 22.7 Å². The molecule has 3 rings (SSSR count). The van der Waals surface area contributed by atoms with Gasteiger partial charge in [0.1, 0.15) is 0 Å². The van der Waals surface area contributed by atoms with E-state index in [1.54, 1.807) is 12.1 Å². The molecule has 0 radical (unpaired) electrons. The molecule has 100 valence electrons. The van der Waals surface area contributed by atoms with E-state index in [2.05, 4.69) is 15.8 Å². The fourth-order valence-electron chi connectivity index (χ4n) is 1.98. The van der Waals surface area contributed by atoms with Crippen molar-refractivity contribution in [2.75, 3.05) is 13.1 Å². The number of halogens is 1. The number of hydrogen-bond donors (Lipinski definition) is 2. The first-order valence-electron chi connectivity index (χ1n) is 5.96. The van der Waals surface area contributed by atoms with Gasteiger partial charge in [-0.3, -0.25) is 4.79 Å². The highest BCUT2D eigenvalue weighted by atomic mass is 35.5. The van der Waals surface area contributed by atoms with Crippen molar-refractivity contribution in [3.63, 3.8) is 0 Å². The standard InChI is InChI=1S/C12H12ClN3O2S/c13-11-2-1-10(19-11)9-5-8(16-18-9)12(17)15-7-3-4-14-6-7/h1-2,5,7,14H,3-4,6H2,(H,15,17). The van der Waals surface area contributed by atoms with Crippen LogP contribution in [0.2, 0.25) is 4.34 Å². The minimum Gasteiger partial charge on any atom is -0.355 e. The number of rotatable bonds is 3. The van der Waals surface area contributed by atoms with E-state index < -0.39 is 0 Å². The van der Waals surface area contributed by atoms with E-state index in [0.29, 0.717) is 15.8 Å². The predicted molar refractivity (Wildman–Crippen MR) is 73.6 cm³/mol. The van der Waals surface area contributed by atoms with Crippen molar-refractivity contribution < 1.29 is 9.32 Å². The van der Waals surface area contributed by atoms with Gasteiger partial charge >= 0.3 is 0 Å². The molecule has 2 aromatic rings. The van der Waals surface area contributed by atoms with Gasteiger partial charge in [-0.2, -0.15) is 0 Å². The lowest BCUT2D eigenvalue weighted by molar-refractivity contribution is 0.0931. The molecule has 1 aliphatic rings. The normalized spacial score (nSPS) is 18.7. The molecule has 0 spiro atoms. The Morgan fingerprint density at radius 1 is 1.58 bits per heavy atom. The van der Waals surface area contributed by atoms with Crippen molar-refractivity contribution in [1.82, 2.24) is 15.8 Å². The number of nitrogens with one attached hydrogen (secondary N) is 2. The van der Waals surface area contributed by atoms with E-state index >= 15 is 0 Å². The molecule has 0 aliphatic carbocycles. The van der Waals surface area contributed by atoms with Crippen molar-refractivity contribution in [3.05, 3.63) is 28.2 Å². The second-order valence-electron chi connectivity index (χ2n) is 4.34. The zero-order valence-corrected chi connectivity index (χ0v) is 11.6. The fourth-order valence-corrected chi connectivity index (χ4v) is 2.97. The molecule has 2 aromatic heterocycles. The first kappa shape index (κ1) is 12.7. The monoisotopic (exact) mass is 297 g/mol. The SMILES string of the molecule is O=C(NC1CCNC1)c1cc(-c2ccc(Cl)s2)on1. The van der Waals surface area contributed by atoms with Gasteiger partial charge in [-0.25, -0.2) is 0 Å². The topological polar surface area (TPSA) is 67.2 Å². The highest BCUT2D eigenvalue weighted by Gasteiger charge is 2.20. The van der Waals surface area contributed by atoms with Crippen LogP contribution in [0.4, 0.5) is 0 Å². The van der Waals surface area contributed by atoms with Crippen LogP contribution in [0.3, 0.4) is 0 Å². The number of carbonyl (C=O) groups excluding carboxylic acids is 1. The second-order valence-corrected chi connectivity index (χ2v) is 6.06. The summed E-state index contributed by atoms with van der Waals surface area (Å²) in [7, 11) is 0. The van der Waals surface area contributed by atoms with E-state index in [4.69, 9.17) is 16.1 Å². The molecule has 19 heavy (non-hydrogen) atoms. The number of amides is 1. The molecule has 3 heterocycles. The van der Waals surface area contributed by atoms with Crippen LogP contribution in [0.1, 0.15) is 16.9 Å². The van der Waals surface area contributed by atoms with Crippen LogP contribution < -0.4 is 10.6 Å². The summed E-state index contributed by atoms with van der Waals surface area (Å²) in [6, 6.07) is 5.44. The first-order valence-corrected chi connectivity index (χ1v) is 7.16. The van der Waals surface area contributed by atoms with Gasteiger partial charge in [0, 0.05) is 18.7 Å². The summed E-state index contributed by atoms with van der Waals surface area (Å²) in [5.74, 6) is 0.359. The molecule has 2 N–H and O–H groups in total. The predicted octanol–water partition coefficient (Wildman–Crippen LogP) is 2.15. The van der Waals surface area contributed by atoms with Crippen molar-refractivity contribution in [2.45, 2.75) is 12.5 Å². The maximum absolute atomic E-state index is 12.0. The van der Waals surface area contributed by atoms with Crippen LogP contribution in [0.25, 0.3) is 10.6 Å². The first-order chi connectivity index (χ1) is 9.22. The van der Waals surface area contributed by atoms with Gasteiger partial charge in [0.2, 0.25) is 0 Å². The van der Waals surface area contributed by atoms with Crippen LogP contribution in [0, 0.1) is 0 Å². The zero-order chi connectivity index (χ0) is 13.2. The number of hydrogen-bond acceptors (Lipinski definition) is 5. The van der Waals surface area contributed by atoms with Gasteiger partial charge in [-0.1, -0.05) is 16.8 Å². The molecule has 0 aromatic carbocycles. The minimum absolute atomic E-state index is 0.170. The fraction of sp³-hybridized carbons (Fsp3) is 0.333. The van der Waals surface area contributed by atoms with Gasteiger partial charge < -0.3 is 15.2 Å². The Hall–Kier alpha value is -1.37. The molecule has 7 heteroatoms. The zero-order valence-electron chi connectivity index (χ0n) is 9.98. The molecule has 0 saturated carbocycles. The summed E-state index contributed by atoms with van der Waals surface area (Å²) in [6.07, 6.45) is 0.941. The van der Waals surface area contributed by atoms with Gasteiger partial charge in [0.15, 0.2) is 11.5 Å². The Labute approximate surface area is 118 Å². The molecule has 1 atom stereocenters. The lowest BCUT2D eigenvalue weighted by Gasteiger charge is -2.08. The number of aromatic nitrogens is 1. The lowest BCUT2D eigenvalue weighted by atomic mass is 10.2. The minimum atomic E-state index is -0.202. The van der Waals surface area contributed by atoms with Gasteiger partial charge in [0.25, 0.3) is 5.91 Å². The van der Waals surface area contributed by atoms with Crippen LogP contribution >= 0.6 is 22.9 Å². The summed E-state index contributed by atoms with van der Waals surface area (Å²) in [6.45, 7) is 1.74. The Morgan fingerprint density at radius 2 is 2.47 bits per heavy atom. The molecule has 1 saturated heterocycles. The Morgan fingerprint density at radius 3 is 3.16 bits per heavy atom. The number of nitrogens with zero attached hydrogens (tertiary/aromatic N) is 1. The number of carbonyl (C=O) groups is 1. The quantitative estimate of drug-likeness (QED) is 0.911. The van der Waals surface area contributed by atoms with Gasteiger partial charge in [-0.05, 0) is 25.1 Å². The molecular weight excluding hydrogens is 286 g/mol. The maximum Gasteiger partial charge on any atom is 0.273 e. The van der Waals surface area contributed by atoms with E-state index in [9.17, 15) is 4.79 Å². The Balaban J connectivity index is 1.71. The summed E-state index contributed by atoms with van der Waals surface area (Å²) in [4.78, 5) is 12.8. The van der Waals surface area contributed by atoms with Crippen molar-refractivity contribution >= 4 is 28.8 Å². The molecule has 5 nitrogen and oxygen atoms in total. The van der Waals surface area contributed by atoms with Gasteiger partial charge in [0.05, 0.1) is 9.21 Å². The van der Waals surface area contributed by atoms with Crippen molar-refractivity contribution in [3.8, 4) is 10.6 Å². The molecule has 1 unspecified atom stereocenters. The average Bonchev–Trinajstić information content (AvgIpc) is 3.07. The molecule has 1 amide bonds. The third-order valence-corrected chi connectivity index (χ3v) is 4.20. The van der Waals surface area contributed by atoms with Crippen molar-refractivity contribution in [2.24, 2.45) is 0 Å². The highest BCUT2D eigenvalue weighted by molar-refractivity contribution is 7.19. The molecule has 1 aliphatic heterocycles. The second kappa shape index (κ2) is 5.32. The maximum atomic E-state index is 12.0.